The highest BCUT2D eigenvalue weighted by Gasteiger charge is 2.38. The lowest BCUT2D eigenvalue weighted by molar-refractivity contribution is -0.124. The molecule has 0 bridgehead atoms. The van der Waals surface area contributed by atoms with Crippen LogP contribution in [0.25, 0.3) is 0 Å². The fraction of sp³-hybridized carbons (Fsp3) is 0.467. The van der Waals surface area contributed by atoms with Gasteiger partial charge in [-0.25, -0.2) is 0 Å². The topological polar surface area (TPSA) is 61.4 Å². The van der Waals surface area contributed by atoms with Gasteiger partial charge in [0.15, 0.2) is 0 Å². The van der Waals surface area contributed by atoms with Gasteiger partial charge in [-0.2, -0.15) is 0 Å². The van der Waals surface area contributed by atoms with E-state index in [-0.39, 0.29) is 23.9 Å². The summed E-state index contributed by atoms with van der Waals surface area (Å²) in [5, 5.41) is 6.07. The monoisotopic (exact) mass is 273 g/mol. The average Bonchev–Trinajstić information content (AvgIpc) is 2.76. The molecule has 0 spiro atoms. The number of hydrogen-bond donors (Lipinski definition) is 2. The number of benzene rings is 1. The molecule has 2 aliphatic heterocycles. The smallest absolute Gasteiger partial charge is 0.254 e. The highest BCUT2D eigenvalue weighted by molar-refractivity contribution is 6.00. The third-order valence-electron chi connectivity index (χ3n) is 4.30. The number of anilines is 1. The van der Waals surface area contributed by atoms with Crippen molar-refractivity contribution in [1.82, 2.24) is 10.2 Å². The number of hydrogen-bond acceptors (Lipinski definition) is 3. The Morgan fingerprint density at radius 1 is 1.35 bits per heavy atom. The maximum absolute atomic E-state index is 12.6. The first kappa shape index (κ1) is 13.0. The Kier molecular flexibility index (Phi) is 3.12. The minimum absolute atomic E-state index is 0.00699. The molecule has 5 nitrogen and oxygen atoms in total. The summed E-state index contributed by atoms with van der Waals surface area (Å²) in [4.78, 5) is 25.9. The van der Waals surface area contributed by atoms with Crippen LogP contribution < -0.4 is 10.6 Å². The van der Waals surface area contributed by atoms with E-state index in [1.54, 1.807) is 0 Å². The van der Waals surface area contributed by atoms with Crippen molar-refractivity contribution >= 4 is 17.5 Å². The van der Waals surface area contributed by atoms with Crippen LogP contribution in [0, 0.1) is 0 Å². The highest BCUT2D eigenvalue weighted by Crippen LogP contribution is 2.32. The normalized spacial score (nSPS) is 25.4. The summed E-state index contributed by atoms with van der Waals surface area (Å²) in [6, 6.07) is 5.86. The van der Waals surface area contributed by atoms with Crippen LogP contribution in [-0.4, -0.2) is 35.8 Å². The van der Waals surface area contributed by atoms with Crippen LogP contribution in [0.3, 0.4) is 0 Å². The zero-order chi connectivity index (χ0) is 14.3. The summed E-state index contributed by atoms with van der Waals surface area (Å²) >= 11 is 0. The molecule has 2 aliphatic rings. The van der Waals surface area contributed by atoms with E-state index < -0.39 is 0 Å². The van der Waals surface area contributed by atoms with Gasteiger partial charge >= 0.3 is 0 Å². The van der Waals surface area contributed by atoms with Crippen molar-refractivity contribution in [2.45, 2.75) is 38.4 Å². The second-order valence-electron chi connectivity index (χ2n) is 5.48. The first-order valence-corrected chi connectivity index (χ1v) is 7.02. The van der Waals surface area contributed by atoms with Crippen LogP contribution in [0.4, 0.5) is 5.69 Å². The molecule has 1 fully saturated rings. The largest absolute Gasteiger partial charge is 0.388 e. The lowest BCUT2D eigenvalue weighted by Gasteiger charge is -2.36. The number of amides is 2. The fourth-order valence-corrected chi connectivity index (χ4v) is 3.23. The Bertz CT molecular complexity index is 570. The molecule has 1 aromatic carbocycles. The van der Waals surface area contributed by atoms with Crippen LogP contribution in [0.2, 0.25) is 0 Å². The van der Waals surface area contributed by atoms with Crippen molar-refractivity contribution in [3.05, 3.63) is 29.3 Å². The minimum Gasteiger partial charge on any atom is -0.388 e. The van der Waals surface area contributed by atoms with E-state index in [4.69, 9.17) is 0 Å². The number of nitrogens with one attached hydrogen (secondary N) is 2. The van der Waals surface area contributed by atoms with Crippen molar-refractivity contribution in [3.63, 3.8) is 0 Å². The molecule has 0 radical (unpaired) electrons. The molecule has 106 valence electrons. The second kappa shape index (κ2) is 4.81. The van der Waals surface area contributed by atoms with Gasteiger partial charge in [-0.15, -0.1) is 0 Å². The number of nitrogens with zero attached hydrogens (tertiary/aromatic N) is 1. The minimum atomic E-state index is 0.00699. The molecule has 5 heteroatoms. The summed E-state index contributed by atoms with van der Waals surface area (Å²) < 4.78 is 0. The van der Waals surface area contributed by atoms with Crippen LogP contribution in [-0.2, 0) is 11.3 Å². The van der Waals surface area contributed by atoms with Crippen molar-refractivity contribution in [2.24, 2.45) is 0 Å². The molecule has 0 aromatic heterocycles. The van der Waals surface area contributed by atoms with Gasteiger partial charge in [-0.3, -0.25) is 9.59 Å². The third-order valence-corrected chi connectivity index (χ3v) is 4.30. The van der Waals surface area contributed by atoms with E-state index in [0.29, 0.717) is 13.0 Å². The van der Waals surface area contributed by atoms with Crippen molar-refractivity contribution in [1.29, 1.82) is 0 Å². The molecule has 3 rings (SSSR count). The van der Waals surface area contributed by atoms with E-state index in [9.17, 15) is 9.59 Å². The second-order valence-corrected chi connectivity index (χ2v) is 5.48. The van der Waals surface area contributed by atoms with E-state index >= 15 is 0 Å². The molecule has 20 heavy (non-hydrogen) atoms. The molecule has 0 aliphatic carbocycles. The number of piperidine rings is 1. The summed E-state index contributed by atoms with van der Waals surface area (Å²) in [5.41, 5.74) is 2.84. The zero-order valence-corrected chi connectivity index (χ0v) is 11.8. The predicted molar refractivity (Wildman–Crippen MR) is 76.5 cm³/mol. The summed E-state index contributed by atoms with van der Waals surface area (Å²) in [5.74, 6) is 0.152. The molecule has 1 aromatic rings. The zero-order valence-electron chi connectivity index (χ0n) is 11.8. The Hall–Kier alpha value is -2.04. The van der Waals surface area contributed by atoms with Gasteiger partial charge in [0.25, 0.3) is 5.91 Å². The third kappa shape index (κ3) is 1.94. The lowest BCUT2D eigenvalue weighted by Crippen LogP contribution is -2.54. The quantitative estimate of drug-likeness (QED) is 0.855. The number of fused-ring (bicyclic) bond motifs is 1. The Balaban J connectivity index is 1.88. The van der Waals surface area contributed by atoms with Gasteiger partial charge < -0.3 is 15.5 Å². The Labute approximate surface area is 118 Å². The van der Waals surface area contributed by atoms with Crippen LogP contribution in [0.5, 0.6) is 0 Å². The summed E-state index contributed by atoms with van der Waals surface area (Å²) in [7, 11) is 1.87. The van der Waals surface area contributed by atoms with Gasteiger partial charge in [-0.1, -0.05) is 6.07 Å². The van der Waals surface area contributed by atoms with E-state index in [2.05, 4.69) is 10.6 Å². The number of carbonyl (C=O) groups is 2. The fourth-order valence-electron chi connectivity index (χ4n) is 3.23. The van der Waals surface area contributed by atoms with Gasteiger partial charge in [-0.05, 0) is 25.5 Å². The van der Waals surface area contributed by atoms with Crippen LogP contribution >= 0.6 is 0 Å². The van der Waals surface area contributed by atoms with Crippen molar-refractivity contribution < 1.29 is 9.59 Å². The van der Waals surface area contributed by atoms with Gasteiger partial charge in [0.1, 0.15) is 0 Å². The highest BCUT2D eigenvalue weighted by atomic mass is 16.2. The van der Waals surface area contributed by atoms with Crippen molar-refractivity contribution in [2.75, 3.05) is 12.4 Å². The summed E-state index contributed by atoms with van der Waals surface area (Å²) in [6.45, 7) is 2.59. The van der Waals surface area contributed by atoms with E-state index in [0.717, 1.165) is 23.2 Å². The van der Waals surface area contributed by atoms with Crippen molar-refractivity contribution in [3.8, 4) is 0 Å². The van der Waals surface area contributed by atoms with E-state index in [1.165, 1.54) is 0 Å². The molecule has 2 heterocycles. The molecule has 2 unspecified atom stereocenters. The molecule has 2 atom stereocenters. The lowest BCUT2D eigenvalue weighted by atomic mass is 9.98. The Morgan fingerprint density at radius 2 is 2.15 bits per heavy atom. The van der Waals surface area contributed by atoms with Crippen LogP contribution in [0.15, 0.2) is 18.2 Å². The predicted octanol–water partition coefficient (Wildman–Crippen LogP) is 1.35. The van der Waals surface area contributed by atoms with Gasteiger partial charge in [0, 0.05) is 42.9 Å². The van der Waals surface area contributed by atoms with Gasteiger partial charge in [0.2, 0.25) is 5.91 Å². The summed E-state index contributed by atoms with van der Waals surface area (Å²) in [6.07, 6.45) is 1.23. The first-order chi connectivity index (χ1) is 9.61. The molecular weight excluding hydrogens is 254 g/mol. The molecule has 2 N–H and O–H groups in total. The molecule has 0 saturated carbocycles. The van der Waals surface area contributed by atoms with Gasteiger partial charge in [0.05, 0.1) is 6.04 Å². The van der Waals surface area contributed by atoms with Crippen LogP contribution in [0.1, 0.15) is 35.7 Å². The first-order valence-electron chi connectivity index (χ1n) is 7.02. The standard InChI is InChI=1S/C15H19N3O2/c1-9-13(6-7-14(19)17-9)18-8-11-10(15(18)20)4-3-5-12(11)16-2/h3-5,9,13,16H,6-8H2,1-2H3,(H,17,19). The maximum atomic E-state index is 12.6. The molecule has 1 saturated heterocycles. The molecule has 2 amide bonds. The number of rotatable bonds is 2. The Morgan fingerprint density at radius 3 is 2.85 bits per heavy atom. The molecular formula is C15H19N3O2. The van der Waals surface area contributed by atoms with E-state index in [1.807, 2.05) is 37.1 Å². The average molecular weight is 273 g/mol. The SMILES string of the molecule is CNc1cccc2c1CN(C1CCC(=O)NC1C)C2=O. The number of carbonyl (C=O) groups excluding carboxylic acids is 2. The maximum Gasteiger partial charge on any atom is 0.254 e.